The van der Waals surface area contributed by atoms with Crippen molar-refractivity contribution in [2.45, 2.75) is 11.8 Å². The summed E-state index contributed by atoms with van der Waals surface area (Å²) in [5, 5.41) is 0. The molecule has 0 aliphatic heterocycles. The van der Waals surface area contributed by atoms with E-state index in [0.29, 0.717) is 11.5 Å². The number of amides is 1. The molecule has 0 unspecified atom stereocenters. The number of rotatable bonds is 8. The number of aryl methyl sites for hydroxylation is 1. The largest absolute Gasteiger partial charge is 0.497 e. The van der Waals surface area contributed by atoms with Crippen molar-refractivity contribution in [1.82, 2.24) is 0 Å². The number of carbonyl (C=O) groups excluding carboxylic acids is 1. The number of methoxy groups -OCH3 is 1. The first kappa shape index (κ1) is 24.0. The summed E-state index contributed by atoms with van der Waals surface area (Å²) in [5.41, 5.74) is 2.83. The van der Waals surface area contributed by atoms with Gasteiger partial charge in [-0.15, -0.1) is 0 Å². The molecule has 0 bridgehead atoms. The van der Waals surface area contributed by atoms with Crippen LogP contribution in [-0.2, 0) is 14.8 Å². The number of hydrogen-bond donors (Lipinski definition) is 0. The van der Waals surface area contributed by atoms with E-state index >= 15 is 0 Å². The van der Waals surface area contributed by atoms with E-state index < -0.39 is 22.5 Å². The van der Waals surface area contributed by atoms with Gasteiger partial charge in [-0.05, 0) is 55.0 Å². The molecule has 6 nitrogen and oxygen atoms in total. The van der Waals surface area contributed by atoms with Crippen LogP contribution in [0.2, 0.25) is 0 Å². The Morgan fingerprint density at radius 1 is 0.800 bits per heavy atom. The summed E-state index contributed by atoms with van der Waals surface area (Å²) in [5.74, 6) is 0.301. The lowest BCUT2D eigenvalue weighted by atomic mass is 10.1. The molecule has 0 aliphatic rings. The van der Waals surface area contributed by atoms with Crippen LogP contribution in [0.4, 0.5) is 5.69 Å². The second-order valence-corrected chi connectivity index (χ2v) is 9.61. The van der Waals surface area contributed by atoms with Crippen molar-refractivity contribution in [2.75, 3.05) is 18.0 Å². The monoisotopic (exact) mass is 487 g/mol. The maximum atomic E-state index is 13.6. The molecule has 0 spiro atoms. The van der Waals surface area contributed by atoms with Crippen LogP contribution in [0.25, 0.3) is 11.1 Å². The van der Waals surface area contributed by atoms with Crippen LogP contribution in [0.1, 0.15) is 5.56 Å². The molecule has 0 N–H and O–H groups in total. The number of carbonyl (C=O) groups is 1. The molecule has 0 saturated heterocycles. The van der Waals surface area contributed by atoms with Gasteiger partial charge in [-0.1, -0.05) is 66.2 Å². The topological polar surface area (TPSA) is 72.9 Å². The van der Waals surface area contributed by atoms with Gasteiger partial charge in [-0.2, -0.15) is 4.31 Å². The molecule has 1 amide bonds. The predicted octanol–water partition coefficient (Wildman–Crippen LogP) is 5.47. The number of nitrogens with zero attached hydrogens (tertiary/aromatic N) is 1. The van der Waals surface area contributed by atoms with Crippen LogP contribution in [0.3, 0.4) is 0 Å². The van der Waals surface area contributed by atoms with Crippen molar-refractivity contribution in [3.63, 3.8) is 0 Å². The fourth-order valence-corrected chi connectivity index (χ4v) is 5.01. The second-order valence-electron chi connectivity index (χ2n) is 7.83. The molecule has 4 aromatic carbocycles. The Kier molecular flexibility index (Phi) is 7.17. The molecule has 178 valence electrons. The highest BCUT2D eigenvalue weighted by Gasteiger charge is 2.31. The highest BCUT2D eigenvalue weighted by Crippen LogP contribution is 2.31. The summed E-state index contributed by atoms with van der Waals surface area (Å²) in [4.78, 5) is 13.4. The van der Waals surface area contributed by atoms with Crippen LogP contribution in [0.5, 0.6) is 11.5 Å². The number of ether oxygens (including phenoxy) is 2. The average Bonchev–Trinajstić information content (AvgIpc) is 2.89. The number of sulfonamides is 1. The van der Waals surface area contributed by atoms with Crippen LogP contribution in [0.15, 0.2) is 108 Å². The van der Waals surface area contributed by atoms with Crippen molar-refractivity contribution in [1.29, 1.82) is 0 Å². The van der Waals surface area contributed by atoms with E-state index in [4.69, 9.17) is 9.47 Å². The number of hydrogen-bond acceptors (Lipinski definition) is 5. The van der Waals surface area contributed by atoms with E-state index in [1.165, 1.54) is 31.4 Å². The fourth-order valence-electron chi connectivity index (χ4n) is 3.60. The van der Waals surface area contributed by atoms with Gasteiger partial charge in [0.2, 0.25) is 0 Å². The molecular weight excluding hydrogens is 462 g/mol. The molecular formula is C28H25NO5S. The molecule has 0 aliphatic carbocycles. The quantitative estimate of drug-likeness (QED) is 0.329. The smallest absolute Gasteiger partial charge is 0.278 e. The van der Waals surface area contributed by atoms with Crippen LogP contribution >= 0.6 is 0 Å². The molecule has 7 heteroatoms. The molecule has 35 heavy (non-hydrogen) atoms. The normalized spacial score (nSPS) is 11.0. The molecule has 4 rings (SSSR count). The Hall–Kier alpha value is -4.10. The van der Waals surface area contributed by atoms with Crippen LogP contribution in [0, 0.1) is 6.92 Å². The minimum atomic E-state index is -4.19. The molecule has 0 fully saturated rings. The second kappa shape index (κ2) is 10.4. The molecule has 0 atom stereocenters. The van der Waals surface area contributed by atoms with Gasteiger partial charge in [-0.25, -0.2) is 8.42 Å². The summed E-state index contributed by atoms with van der Waals surface area (Å²) in [7, 11) is -2.68. The maximum absolute atomic E-state index is 13.6. The summed E-state index contributed by atoms with van der Waals surface area (Å²) < 4.78 is 38.9. The van der Waals surface area contributed by atoms with Gasteiger partial charge in [-0.3, -0.25) is 4.79 Å². The van der Waals surface area contributed by atoms with Crippen molar-refractivity contribution in [3.05, 3.63) is 109 Å². The Morgan fingerprint density at radius 2 is 1.43 bits per heavy atom. The first-order chi connectivity index (χ1) is 16.9. The number of anilines is 1. The van der Waals surface area contributed by atoms with Gasteiger partial charge in [0.25, 0.3) is 15.9 Å². The first-order valence-electron chi connectivity index (χ1n) is 11.0. The van der Waals surface area contributed by atoms with Gasteiger partial charge < -0.3 is 9.47 Å². The van der Waals surface area contributed by atoms with E-state index in [1.807, 2.05) is 49.4 Å². The molecule has 0 aromatic heterocycles. The summed E-state index contributed by atoms with van der Waals surface area (Å²) in [6.07, 6.45) is 0. The zero-order valence-electron chi connectivity index (χ0n) is 19.4. The lowest BCUT2D eigenvalue weighted by Crippen LogP contribution is -2.40. The van der Waals surface area contributed by atoms with Gasteiger partial charge in [0, 0.05) is 5.56 Å². The van der Waals surface area contributed by atoms with Crippen molar-refractivity contribution in [2.24, 2.45) is 0 Å². The third-order valence-electron chi connectivity index (χ3n) is 5.42. The van der Waals surface area contributed by atoms with E-state index in [1.54, 1.807) is 36.4 Å². The minimum absolute atomic E-state index is 0.0111. The zero-order chi connectivity index (χ0) is 24.8. The highest BCUT2D eigenvalue weighted by atomic mass is 32.2. The van der Waals surface area contributed by atoms with Gasteiger partial charge >= 0.3 is 0 Å². The predicted molar refractivity (Wildman–Crippen MR) is 136 cm³/mol. The first-order valence-corrected chi connectivity index (χ1v) is 12.4. The van der Waals surface area contributed by atoms with E-state index in [2.05, 4.69) is 0 Å². The molecule has 0 saturated carbocycles. The SMILES string of the molecule is COc1ccc(N(C(=O)COc2ccccc2-c2ccccc2)S(=O)(=O)c2ccc(C)cc2)cc1. The van der Waals surface area contributed by atoms with Crippen molar-refractivity contribution in [3.8, 4) is 22.6 Å². The summed E-state index contributed by atoms with van der Waals surface area (Å²) in [6, 6.07) is 29.6. The van der Waals surface area contributed by atoms with E-state index in [9.17, 15) is 13.2 Å². The van der Waals surface area contributed by atoms with Crippen LogP contribution in [-0.4, -0.2) is 28.0 Å². The Balaban J connectivity index is 1.67. The Bertz CT molecular complexity index is 1400. The van der Waals surface area contributed by atoms with Gasteiger partial charge in [0.15, 0.2) is 6.61 Å². The Morgan fingerprint density at radius 3 is 2.09 bits per heavy atom. The van der Waals surface area contributed by atoms with Gasteiger partial charge in [0.1, 0.15) is 11.5 Å². The molecule has 4 aromatic rings. The highest BCUT2D eigenvalue weighted by molar-refractivity contribution is 7.93. The van der Waals surface area contributed by atoms with E-state index in [-0.39, 0.29) is 10.6 Å². The third-order valence-corrected chi connectivity index (χ3v) is 7.18. The van der Waals surface area contributed by atoms with Crippen LogP contribution < -0.4 is 13.8 Å². The molecule has 0 radical (unpaired) electrons. The lowest BCUT2D eigenvalue weighted by Gasteiger charge is -2.23. The van der Waals surface area contributed by atoms with Gasteiger partial charge in [0.05, 0.1) is 17.7 Å². The summed E-state index contributed by atoms with van der Waals surface area (Å²) >= 11 is 0. The Labute approximate surface area is 205 Å². The number of benzene rings is 4. The standard InChI is InChI=1S/C28H25NO5S/c1-21-12-18-25(19-13-21)35(31,32)29(23-14-16-24(33-2)17-15-23)28(30)20-34-27-11-7-6-10-26(27)22-8-4-3-5-9-22/h3-19H,20H2,1-2H3. The van der Waals surface area contributed by atoms with Crippen molar-refractivity contribution >= 4 is 21.6 Å². The zero-order valence-corrected chi connectivity index (χ0v) is 20.2. The van der Waals surface area contributed by atoms with E-state index in [0.717, 1.165) is 21.0 Å². The van der Waals surface area contributed by atoms with Crippen molar-refractivity contribution < 1.29 is 22.7 Å². The minimum Gasteiger partial charge on any atom is -0.497 e. The number of para-hydroxylation sites is 1. The third kappa shape index (κ3) is 5.36. The lowest BCUT2D eigenvalue weighted by molar-refractivity contribution is -0.119. The fraction of sp³-hybridized carbons (Fsp3) is 0.107. The maximum Gasteiger partial charge on any atom is 0.278 e. The average molecular weight is 488 g/mol. The molecule has 0 heterocycles. The summed E-state index contributed by atoms with van der Waals surface area (Å²) in [6.45, 7) is 1.39.